The van der Waals surface area contributed by atoms with Crippen molar-refractivity contribution < 1.29 is 14.0 Å². The van der Waals surface area contributed by atoms with E-state index in [0.717, 1.165) is 19.6 Å². The SMILES string of the molecule is Nc1ncnc2c1c(C(=O)Nc1nc3cc(Cl)ccc3o1)nn2C1CCN(C(=O)/C=C/CN2CCCC2)C1. The van der Waals surface area contributed by atoms with E-state index in [1.165, 1.54) is 19.2 Å². The van der Waals surface area contributed by atoms with Gasteiger partial charge < -0.3 is 15.1 Å². The third-order valence-electron chi connectivity index (χ3n) is 6.95. The lowest BCUT2D eigenvalue weighted by Gasteiger charge is -2.15. The third kappa shape index (κ3) is 4.68. The Morgan fingerprint density at radius 2 is 2.05 bits per heavy atom. The van der Waals surface area contributed by atoms with Crippen LogP contribution in [0.4, 0.5) is 11.8 Å². The number of amides is 2. The highest BCUT2D eigenvalue weighted by molar-refractivity contribution is 6.31. The lowest BCUT2D eigenvalue weighted by Crippen LogP contribution is -2.28. The number of carbonyl (C=O) groups is 2. The molecule has 5 heterocycles. The molecule has 196 valence electrons. The molecule has 4 aromatic rings. The largest absolute Gasteiger partial charge is 0.423 e. The maximum absolute atomic E-state index is 13.3. The Morgan fingerprint density at radius 3 is 2.89 bits per heavy atom. The molecule has 0 aliphatic carbocycles. The highest BCUT2D eigenvalue weighted by atomic mass is 35.5. The highest BCUT2D eigenvalue weighted by Gasteiger charge is 2.31. The molecule has 3 aromatic heterocycles. The number of oxazole rings is 1. The van der Waals surface area contributed by atoms with Crippen molar-refractivity contribution in [3.8, 4) is 0 Å². The normalized spacial score (nSPS) is 18.3. The van der Waals surface area contributed by atoms with Crippen LogP contribution in [0.5, 0.6) is 0 Å². The quantitative estimate of drug-likeness (QED) is 0.355. The standard InChI is InChI=1S/C25H26ClN9O3/c26-15-5-6-18-17(12-15)30-25(38-18)31-24(37)21-20-22(27)28-14-29-23(20)35(32-21)16-7-11-34(13-16)19(36)4-3-10-33-8-1-2-9-33/h3-6,12,14,16H,1-2,7-11,13H2,(H2,27,28,29)(H,30,31,37)/b4-3+. The van der Waals surface area contributed by atoms with Gasteiger partial charge in [0.1, 0.15) is 17.7 Å². The third-order valence-corrected chi connectivity index (χ3v) is 7.18. The lowest BCUT2D eigenvalue weighted by molar-refractivity contribution is -0.125. The fourth-order valence-corrected chi connectivity index (χ4v) is 5.20. The summed E-state index contributed by atoms with van der Waals surface area (Å²) in [5.41, 5.74) is 7.61. The molecule has 0 radical (unpaired) electrons. The summed E-state index contributed by atoms with van der Waals surface area (Å²) in [4.78, 5) is 42.8. The van der Waals surface area contributed by atoms with Crippen molar-refractivity contribution in [2.45, 2.75) is 25.3 Å². The van der Waals surface area contributed by atoms with Gasteiger partial charge in [0.15, 0.2) is 16.9 Å². The van der Waals surface area contributed by atoms with Gasteiger partial charge in [-0.05, 0) is 50.6 Å². The number of hydrogen-bond acceptors (Lipinski definition) is 9. The molecule has 1 unspecified atom stereocenters. The molecule has 2 saturated heterocycles. The number of aromatic nitrogens is 5. The maximum atomic E-state index is 13.3. The number of benzene rings is 1. The predicted molar refractivity (Wildman–Crippen MR) is 142 cm³/mol. The van der Waals surface area contributed by atoms with Crippen molar-refractivity contribution in [2.75, 3.05) is 43.8 Å². The summed E-state index contributed by atoms with van der Waals surface area (Å²) in [6.45, 7) is 3.97. The molecular formula is C25H26ClN9O3. The van der Waals surface area contributed by atoms with Gasteiger partial charge >= 0.3 is 6.01 Å². The van der Waals surface area contributed by atoms with Crippen molar-refractivity contribution in [1.29, 1.82) is 0 Å². The summed E-state index contributed by atoms with van der Waals surface area (Å²) in [5.74, 6) is -0.471. The van der Waals surface area contributed by atoms with Gasteiger partial charge in [0, 0.05) is 30.7 Å². The van der Waals surface area contributed by atoms with E-state index in [9.17, 15) is 9.59 Å². The summed E-state index contributed by atoms with van der Waals surface area (Å²) < 4.78 is 7.28. The maximum Gasteiger partial charge on any atom is 0.302 e. The van der Waals surface area contributed by atoms with Crippen LogP contribution in [0.15, 0.2) is 41.1 Å². The van der Waals surface area contributed by atoms with Gasteiger partial charge in [-0.15, -0.1) is 0 Å². The van der Waals surface area contributed by atoms with Crippen molar-refractivity contribution >= 4 is 57.4 Å². The van der Waals surface area contributed by atoms with E-state index in [-0.39, 0.29) is 29.5 Å². The second-order valence-corrected chi connectivity index (χ2v) is 9.91. The van der Waals surface area contributed by atoms with Crippen LogP contribution in [0.1, 0.15) is 35.8 Å². The zero-order chi connectivity index (χ0) is 26.2. The number of likely N-dealkylation sites (tertiary alicyclic amines) is 2. The number of nitrogen functional groups attached to an aromatic ring is 1. The van der Waals surface area contributed by atoms with E-state index in [4.69, 9.17) is 21.8 Å². The summed E-state index contributed by atoms with van der Waals surface area (Å²) >= 11 is 6.02. The first-order valence-electron chi connectivity index (χ1n) is 12.5. The van der Waals surface area contributed by atoms with Gasteiger partial charge in [-0.25, -0.2) is 14.6 Å². The minimum Gasteiger partial charge on any atom is -0.423 e. The number of anilines is 2. The summed E-state index contributed by atoms with van der Waals surface area (Å²) in [6.07, 6.45) is 8.01. The van der Waals surface area contributed by atoms with Crippen molar-refractivity contribution in [2.24, 2.45) is 0 Å². The zero-order valence-electron chi connectivity index (χ0n) is 20.5. The van der Waals surface area contributed by atoms with Gasteiger partial charge in [-0.2, -0.15) is 10.1 Å². The van der Waals surface area contributed by atoms with Crippen LogP contribution in [-0.2, 0) is 4.79 Å². The van der Waals surface area contributed by atoms with Gasteiger partial charge in [0.05, 0.1) is 11.4 Å². The van der Waals surface area contributed by atoms with Crippen molar-refractivity contribution in [3.63, 3.8) is 0 Å². The van der Waals surface area contributed by atoms with Crippen LogP contribution < -0.4 is 11.1 Å². The average molecular weight is 536 g/mol. The molecule has 6 rings (SSSR count). The predicted octanol–water partition coefficient (Wildman–Crippen LogP) is 2.88. The van der Waals surface area contributed by atoms with Crippen LogP contribution in [0.3, 0.4) is 0 Å². The number of rotatable bonds is 6. The monoisotopic (exact) mass is 535 g/mol. The Bertz CT molecular complexity index is 1560. The van der Waals surface area contributed by atoms with E-state index in [0.29, 0.717) is 46.7 Å². The van der Waals surface area contributed by atoms with Crippen molar-refractivity contribution in [3.05, 3.63) is 47.4 Å². The molecule has 2 aliphatic rings. The number of hydrogen-bond donors (Lipinski definition) is 2. The van der Waals surface area contributed by atoms with Crippen LogP contribution in [-0.4, -0.2) is 79.1 Å². The Morgan fingerprint density at radius 1 is 1.21 bits per heavy atom. The fourth-order valence-electron chi connectivity index (χ4n) is 5.03. The van der Waals surface area contributed by atoms with Crippen LogP contribution in [0.2, 0.25) is 5.02 Å². The smallest absolute Gasteiger partial charge is 0.302 e. The van der Waals surface area contributed by atoms with Gasteiger partial charge in [-0.3, -0.25) is 19.8 Å². The van der Waals surface area contributed by atoms with Gasteiger partial charge in [0.25, 0.3) is 5.91 Å². The molecule has 0 spiro atoms. The number of nitrogens with zero attached hydrogens (tertiary/aromatic N) is 7. The summed E-state index contributed by atoms with van der Waals surface area (Å²) in [7, 11) is 0. The molecule has 0 bridgehead atoms. The number of nitrogens with two attached hydrogens (primary N) is 1. The molecule has 2 fully saturated rings. The zero-order valence-corrected chi connectivity index (χ0v) is 21.3. The second-order valence-electron chi connectivity index (χ2n) is 9.47. The first kappa shape index (κ1) is 24.3. The molecule has 2 amide bonds. The van der Waals surface area contributed by atoms with E-state index < -0.39 is 5.91 Å². The van der Waals surface area contributed by atoms with Crippen LogP contribution in [0.25, 0.3) is 22.1 Å². The van der Waals surface area contributed by atoms with E-state index in [2.05, 4.69) is 30.3 Å². The van der Waals surface area contributed by atoms with E-state index in [1.807, 2.05) is 6.08 Å². The van der Waals surface area contributed by atoms with Crippen LogP contribution >= 0.6 is 11.6 Å². The topological polar surface area (TPSA) is 148 Å². The molecule has 12 nitrogen and oxygen atoms in total. The molecule has 2 aliphatic heterocycles. The van der Waals surface area contributed by atoms with Gasteiger partial charge in [-0.1, -0.05) is 17.7 Å². The molecular weight excluding hydrogens is 510 g/mol. The summed E-state index contributed by atoms with van der Waals surface area (Å²) in [5, 5.41) is 8.05. The molecule has 1 aromatic carbocycles. The Hall–Kier alpha value is -4.03. The number of nitrogens with one attached hydrogen (secondary N) is 1. The van der Waals surface area contributed by atoms with Gasteiger partial charge in [0.2, 0.25) is 5.91 Å². The fraction of sp³-hybridized carbons (Fsp3) is 0.360. The number of halogens is 1. The number of carbonyl (C=O) groups excluding carboxylic acids is 2. The summed E-state index contributed by atoms with van der Waals surface area (Å²) in [6, 6.07) is 4.82. The van der Waals surface area contributed by atoms with E-state index in [1.54, 1.807) is 33.9 Å². The first-order valence-corrected chi connectivity index (χ1v) is 12.9. The molecule has 0 saturated carbocycles. The minimum absolute atomic E-state index is 0.00347. The molecule has 1 atom stereocenters. The Kier molecular flexibility index (Phi) is 6.42. The molecule has 13 heteroatoms. The first-order chi connectivity index (χ1) is 18.5. The Labute approximate surface area is 222 Å². The van der Waals surface area contributed by atoms with Crippen LogP contribution in [0, 0.1) is 0 Å². The Balaban J connectivity index is 1.21. The minimum atomic E-state index is -0.566. The molecule has 38 heavy (non-hydrogen) atoms. The lowest BCUT2D eigenvalue weighted by atomic mass is 10.2. The average Bonchev–Trinajstić information content (AvgIpc) is 3.69. The molecule has 3 N–H and O–H groups in total. The van der Waals surface area contributed by atoms with Crippen molar-refractivity contribution in [1.82, 2.24) is 34.5 Å². The number of fused-ring (bicyclic) bond motifs is 2. The second kappa shape index (κ2) is 10.0. The highest BCUT2D eigenvalue weighted by Crippen LogP contribution is 2.30. The van der Waals surface area contributed by atoms with E-state index >= 15 is 0 Å².